The number of rotatable bonds is 6. The highest BCUT2D eigenvalue weighted by Gasteiger charge is 2.10. The van der Waals surface area contributed by atoms with Crippen LogP contribution < -0.4 is 20.1 Å². The molecule has 0 aliphatic carbocycles. The predicted octanol–water partition coefficient (Wildman–Crippen LogP) is 3.99. The van der Waals surface area contributed by atoms with Gasteiger partial charge in [0.05, 0.1) is 25.6 Å². The fourth-order valence-electron chi connectivity index (χ4n) is 2.58. The maximum absolute atomic E-state index is 10.9. The first-order valence-corrected chi connectivity index (χ1v) is 8.01. The molecule has 0 aliphatic rings. The second-order valence-corrected chi connectivity index (χ2v) is 5.46. The molecular weight excluding hydrogens is 348 g/mol. The van der Waals surface area contributed by atoms with Gasteiger partial charge in [-0.2, -0.15) is 0 Å². The molecule has 1 aromatic heterocycles. The van der Waals surface area contributed by atoms with E-state index in [0.29, 0.717) is 34.4 Å². The number of nitrogens with zero attached hydrogens (tertiary/aromatic N) is 2. The van der Waals surface area contributed by atoms with Gasteiger partial charge in [0, 0.05) is 17.3 Å². The predicted molar refractivity (Wildman–Crippen MR) is 102 cm³/mol. The Morgan fingerprint density at radius 3 is 2.52 bits per heavy atom. The molecule has 0 saturated carbocycles. The lowest BCUT2D eigenvalue weighted by Gasteiger charge is -2.12. The molecule has 0 atom stereocenters. The summed E-state index contributed by atoms with van der Waals surface area (Å²) in [6.45, 7) is 0. The van der Waals surface area contributed by atoms with E-state index in [9.17, 15) is 4.79 Å². The summed E-state index contributed by atoms with van der Waals surface area (Å²) in [6, 6.07) is 14.4. The number of hydrogen-bond acceptors (Lipinski definition) is 6. The van der Waals surface area contributed by atoms with Crippen LogP contribution in [0.5, 0.6) is 11.5 Å². The van der Waals surface area contributed by atoms with Crippen LogP contribution in [0, 0.1) is 0 Å². The zero-order valence-corrected chi connectivity index (χ0v) is 14.8. The number of benzene rings is 2. The van der Waals surface area contributed by atoms with Gasteiger partial charge in [0.1, 0.15) is 23.6 Å². The average Bonchev–Trinajstić information content (AvgIpc) is 2.68. The van der Waals surface area contributed by atoms with Gasteiger partial charge in [-0.1, -0.05) is 12.1 Å². The molecule has 0 radical (unpaired) electrons. The number of ether oxygens (including phenoxy) is 2. The fourth-order valence-corrected chi connectivity index (χ4v) is 2.58. The van der Waals surface area contributed by atoms with Crippen LogP contribution in [-0.4, -0.2) is 35.4 Å². The molecule has 3 rings (SSSR count). The maximum atomic E-state index is 10.9. The number of hydrogen-bond donors (Lipinski definition) is 3. The molecular formula is C19H18N4O4. The van der Waals surface area contributed by atoms with E-state index in [2.05, 4.69) is 20.6 Å². The SMILES string of the molecule is COc1ccc(Nc2cc(-c3ccccc3OC)ncn2)cc1NC(=O)O. The molecule has 0 saturated heterocycles. The number of nitrogens with one attached hydrogen (secondary N) is 2. The monoisotopic (exact) mass is 366 g/mol. The summed E-state index contributed by atoms with van der Waals surface area (Å²) in [5.41, 5.74) is 2.51. The molecule has 3 aromatic rings. The summed E-state index contributed by atoms with van der Waals surface area (Å²) in [5, 5.41) is 14.4. The third-order valence-electron chi connectivity index (χ3n) is 3.76. The third-order valence-corrected chi connectivity index (χ3v) is 3.76. The van der Waals surface area contributed by atoms with Crippen molar-refractivity contribution < 1.29 is 19.4 Å². The van der Waals surface area contributed by atoms with E-state index in [1.165, 1.54) is 13.4 Å². The van der Waals surface area contributed by atoms with E-state index in [1.807, 2.05) is 24.3 Å². The van der Waals surface area contributed by atoms with Gasteiger partial charge in [0.2, 0.25) is 0 Å². The van der Waals surface area contributed by atoms with Gasteiger partial charge in [-0.05, 0) is 30.3 Å². The van der Waals surface area contributed by atoms with Crippen molar-refractivity contribution >= 4 is 23.3 Å². The number of carbonyl (C=O) groups is 1. The van der Waals surface area contributed by atoms with Crippen molar-refractivity contribution in [2.24, 2.45) is 0 Å². The molecule has 0 unspecified atom stereocenters. The van der Waals surface area contributed by atoms with Crippen molar-refractivity contribution in [3.63, 3.8) is 0 Å². The Kier molecular flexibility index (Phi) is 5.36. The molecule has 1 amide bonds. The quantitative estimate of drug-likeness (QED) is 0.605. The number of para-hydroxylation sites is 1. The Morgan fingerprint density at radius 1 is 1.00 bits per heavy atom. The van der Waals surface area contributed by atoms with Crippen LogP contribution in [0.3, 0.4) is 0 Å². The molecule has 0 aliphatic heterocycles. The van der Waals surface area contributed by atoms with E-state index in [0.717, 1.165) is 5.56 Å². The molecule has 2 aromatic carbocycles. The first-order chi connectivity index (χ1) is 13.1. The first kappa shape index (κ1) is 18.0. The molecule has 8 nitrogen and oxygen atoms in total. The number of methoxy groups -OCH3 is 2. The van der Waals surface area contributed by atoms with Gasteiger partial charge >= 0.3 is 6.09 Å². The van der Waals surface area contributed by atoms with Crippen LogP contribution in [0.15, 0.2) is 54.9 Å². The number of aromatic nitrogens is 2. The van der Waals surface area contributed by atoms with Gasteiger partial charge in [-0.25, -0.2) is 14.8 Å². The van der Waals surface area contributed by atoms with Crippen LogP contribution in [0.2, 0.25) is 0 Å². The van der Waals surface area contributed by atoms with Gasteiger partial charge in [0.25, 0.3) is 0 Å². The number of carboxylic acid groups (broad SMARTS) is 1. The molecule has 3 N–H and O–H groups in total. The van der Waals surface area contributed by atoms with Crippen molar-refractivity contribution in [3.8, 4) is 22.8 Å². The van der Waals surface area contributed by atoms with E-state index < -0.39 is 6.09 Å². The highest BCUT2D eigenvalue weighted by Crippen LogP contribution is 2.31. The number of anilines is 3. The molecule has 1 heterocycles. The number of amides is 1. The first-order valence-electron chi connectivity index (χ1n) is 8.01. The molecule has 0 fully saturated rings. The third kappa shape index (κ3) is 4.24. The summed E-state index contributed by atoms with van der Waals surface area (Å²) in [7, 11) is 3.08. The van der Waals surface area contributed by atoms with Gasteiger partial charge in [0.15, 0.2) is 0 Å². The van der Waals surface area contributed by atoms with Crippen LogP contribution in [-0.2, 0) is 0 Å². The Balaban J connectivity index is 1.89. The van der Waals surface area contributed by atoms with E-state index in [-0.39, 0.29) is 0 Å². The molecule has 8 heteroatoms. The summed E-state index contributed by atoms with van der Waals surface area (Å²) >= 11 is 0. The molecule has 0 spiro atoms. The minimum Gasteiger partial charge on any atom is -0.496 e. The standard InChI is InChI=1S/C19H18N4O4/c1-26-16-6-4-3-5-13(16)14-10-18(21-11-20-14)22-12-7-8-17(27-2)15(9-12)23-19(24)25/h3-11,23H,1-2H3,(H,24,25)(H,20,21,22). The van der Waals surface area contributed by atoms with Crippen LogP contribution in [0.4, 0.5) is 22.0 Å². The maximum Gasteiger partial charge on any atom is 0.409 e. The smallest absolute Gasteiger partial charge is 0.409 e. The lowest BCUT2D eigenvalue weighted by atomic mass is 10.1. The van der Waals surface area contributed by atoms with Crippen molar-refractivity contribution in [1.29, 1.82) is 0 Å². The van der Waals surface area contributed by atoms with Crippen molar-refractivity contribution in [2.45, 2.75) is 0 Å². The zero-order chi connectivity index (χ0) is 19.2. The molecule has 138 valence electrons. The van der Waals surface area contributed by atoms with Crippen molar-refractivity contribution in [3.05, 3.63) is 54.9 Å². The van der Waals surface area contributed by atoms with Gasteiger partial charge < -0.3 is 19.9 Å². The molecule has 0 bridgehead atoms. The van der Waals surface area contributed by atoms with Crippen molar-refractivity contribution in [2.75, 3.05) is 24.9 Å². The Hall–Kier alpha value is -3.81. The lowest BCUT2D eigenvalue weighted by molar-refractivity contribution is 0.209. The normalized spacial score (nSPS) is 10.1. The topological polar surface area (TPSA) is 106 Å². The minimum absolute atomic E-state index is 0.328. The Morgan fingerprint density at radius 2 is 1.78 bits per heavy atom. The van der Waals surface area contributed by atoms with E-state index in [4.69, 9.17) is 14.6 Å². The van der Waals surface area contributed by atoms with Gasteiger partial charge in [-0.3, -0.25) is 5.32 Å². The van der Waals surface area contributed by atoms with Crippen LogP contribution >= 0.6 is 0 Å². The fraction of sp³-hybridized carbons (Fsp3) is 0.105. The average molecular weight is 366 g/mol. The Bertz CT molecular complexity index is 962. The van der Waals surface area contributed by atoms with E-state index >= 15 is 0 Å². The zero-order valence-electron chi connectivity index (χ0n) is 14.8. The minimum atomic E-state index is -1.18. The second kappa shape index (κ2) is 8.05. The molecule has 27 heavy (non-hydrogen) atoms. The lowest BCUT2D eigenvalue weighted by Crippen LogP contribution is -2.08. The van der Waals surface area contributed by atoms with Crippen LogP contribution in [0.25, 0.3) is 11.3 Å². The van der Waals surface area contributed by atoms with Gasteiger partial charge in [-0.15, -0.1) is 0 Å². The highest BCUT2D eigenvalue weighted by atomic mass is 16.5. The summed E-state index contributed by atoms with van der Waals surface area (Å²) in [5.74, 6) is 1.68. The highest BCUT2D eigenvalue weighted by molar-refractivity contribution is 5.86. The summed E-state index contributed by atoms with van der Waals surface area (Å²) in [4.78, 5) is 19.5. The summed E-state index contributed by atoms with van der Waals surface area (Å²) in [6.07, 6.45) is 0.273. The van der Waals surface area contributed by atoms with Crippen LogP contribution in [0.1, 0.15) is 0 Å². The van der Waals surface area contributed by atoms with E-state index in [1.54, 1.807) is 31.4 Å². The van der Waals surface area contributed by atoms with Crippen molar-refractivity contribution in [1.82, 2.24) is 9.97 Å². The largest absolute Gasteiger partial charge is 0.496 e. The Labute approximate surface area is 155 Å². The summed E-state index contributed by atoms with van der Waals surface area (Å²) < 4.78 is 10.5. The second-order valence-electron chi connectivity index (χ2n) is 5.46.